The number of hydrogen-bond acceptors (Lipinski definition) is 7. The third-order valence-electron chi connectivity index (χ3n) is 4.80. The van der Waals surface area contributed by atoms with Crippen LogP contribution in [0.15, 0.2) is 6.20 Å². The van der Waals surface area contributed by atoms with Crippen molar-refractivity contribution < 1.29 is 23.7 Å². The first-order valence-corrected chi connectivity index (χ1v) is 8.92. The first kappa shape index (κ1) is 18.8. The fraction of sp³-hybridized carbons (Fsp3) is 0.875. The van der Waals surface area contributed by atoms with Crippen LogP contribution in [0.2, 0.25) is 0 Å². The van der Waals surface area contributed by atoms with Crippen LogP contribution in [-0.4, -0.2) is 80.2 Å². The Bertz CT molecular complexity index is 546. The molecule has 25 heavy (non-hydrogen) atoms. The third kappa shape index (κ3) is 4.80. The Labute approximate surface area is 149 Å². The van der Waals surface area contributed by atoms with E-state index in [-0.39, 0.29) is 36.5 Å². The second-order valence-electron chi connectivity index (χ2n) is 6.95. The van der Waals surface area contributed by atoms with Crippen molar-refractivity contribution in [2.24, 2.45) is 0 Å². The summed E-state index contributed by atoms with van der Waals surface area (Å²) >= 11 is 0. The largest absolute Gasteiger partial charge is 0.382 e. The average molecular weight is 353 g/mol. The quantitative estimate of drug-likeness (QED) is 0.597. The molecule has 0 aromatic carbocycles. The monoisotopic (exact) mass is 353 g/mol. The summed E-state index contributed by atoms with van der Waals surface area (Å²) in [6, 6.07) is 0.211. The van der Waals surface area contributed by atoms with Gasteiger partial charge in [0.25, 0.3) is 0 Å². The van der Waals surface area contributed by atoms with Crippen LogP contribution in [0.25, 0.3) is 0 Å². The molecule has 0 spiro atoms. The standard InChI is InChI=1S/C16H28BN3O5/c1-10-4-13(15(24-10)9-21-2)23-8-11-6-20(19-18-11)7-14-12(22-3)5-16(17)25-14/h6,10,12-16H,4-5,7-9,17H2,1-3H3/t10-,12?,13?,14+,15+,16+/m0/s1. The van der Waals surface area contributed by atoms with E-state index in [1.807, 2.05) is 6.20 Å². The fourth-order valence-corrected chi connectivity index (χ4v) is 3.61. The molecule has 6 atom stereocenters. The smallest absolute Gasteiger partial charge is 0.139 e. The highest BCUT2D eigenvalue weighted by Crippen LogP contribution is 2.24. The molecule has 0 radical (unpaired) electrons. The summed E-state index contributed by atoms with van der Waals surface area (Å²) in [4.78, 5) is 0. The zero-order valence-electron chi connectivity index (χ0n) is 15.5. The van der Waals surface area contributed by atoms with Gasteiger partial charge >= 0.3 is 0 Å². The molecule has 0 saturated carbocycles. The van der Waals surface area contributed by atoms with Gasteiger partial charge in [0.2, 0.25) is 0 Å². The maximum atomic E-state index is 5.99. The highest BCUT2D eigenvalue weighted by molar-refractivity contribution is 6.11. The van der Waals surface area contributed by atoms with Crippen LogP contribution in [0.5, 0.6) is 0 Å². The van der Waals surface area contributed by atoms with Gasteiger partial charge in [0, 0.05) is 26.6 Å². The fourth-order valence-electron chi connectivity index (χ4n) is 3.61. The summed E-state index contributed by atoms with van der Waals surface area (Å²) in [6.45, 7) is 3.64. The van der Waals surface area contributed by atoms with Gasteiger partial charge in [-0.15, -0.1) is 5.10 Å². The summed E-state index contributed by atoms with van der Waals surface area (Å²) < 4.78 is 30.2. The molecule has 140 valence electrons. The average Bonchev–Trinajstić information content (AvgIpc) is 3.26. The molecule has 8 nitrogen and oxygen atoms in total. The van der Waals surface area contributed by atoms with Crippen molar-refractivity contribution in [2.45, 2.75) is 69.4 Å². The van der Waals surface area contributed by atoms with Gasteiger partial charge in [-0.1, -0.05) is 5.21 Å². The van der Waals surface area contributed by atoms with Crippen molar-refractivity contribution >= 4 is 7.85 Å². The number of nitrogens with zero attached hydrogens (tertiary/aromatic N) is 3. The zero-order chi connectivity index (χ0) is 17.8. The lowest BCUT2D eigenvalue weighted by Crippen LogP contribution is -2.28. The van der Waals surface area contributed by atoms with Gasteiger partial charge in [-0.25, -0.2) is 4.68 Å². The van der Waals surface area contributed by atoms with Crippen molar-refractivity contribution in [3.05, 3.63) is 11.9 Å². The van der Waals surface area contributed by atoms with Crippen LogP contribution < -0.4 is 0 Å². The van der Waals surface area contributed by atoms with E-state index >= 15 is 0 Å². The van der Waals surface area contributed by atoms with Crippen molar-refractivity contribution in [3.8, 4) is 0 Å². The van der Waals surface area contributed by atoms with Crippen molar-refractivity contribution in [1.29, 1.82) is 0 Å². The minimum absolute atomic E-state index is 0.00522. The minimum Gasteiger partial charge on any atom is -0.382 e. The molecule has 0 amide bonds. The van der Waals surface area contributed by atoms with Crippen molar-refractivity contribution in [3.63, 3.8) is 0 Å². The molecule has 2 unspecified atom stereocenters. The summed E-state index contributed by atoms with van der Waals surface area (Å²) in [5, 5.41) is 8.38. The molecule has 1 aromatic heterocycles. The van der Waals surface area contributed by atoms with Crippen LogP contribution in [0.1, 0.15) is 25.5 Å². The van der Waals surface area contributed by atoms with Gasteiger partial charge in [-0.05, 0) is 13.3 Å². The summed E-state index contributed by atoms with van der Waals surface area (Å²) in [7, 11) is 5.46. The van der Waals surface area contributed by atoms with Crippen LogP contribution in [0, 0.1) is 0 Å². The van der Waals surface area contributed by atoms with Gasteiger partial charge in [0.05, 0.1) is 44.3 Å². The highest BCUT2D eigenvalue weighted by atomic mass is 16.6. The van der Waals surface area contributed by atoms with E-state index in [1.54, 1.807) is 18.9 Å². The van der Waals surface area contributed by atoms with Gasteiger partial charge in [-0.2, -0.15) is 0 Å². The maximum Gasteiger partial charge on any atom is 0.139 e. The van der Waals surface area contributed by atoms with Crippen molar-refractivity contribution in [2.75, 3.05) is 20.8 Å². The van der Waals surface area contributed by atoms with Gasteiger partial charge in [0.1, 0.15) is 25.7 Å². The molecule has 9 heteroatoms. The molecule has 2 saturated heterocycles. The minimum atomic E-state index is -0.0223. The van der Waals surface area contributed by atoms with Crippen LogP contribution in [-0.2, 0) is 36.8 Å². The normalized spacial score (nSPS) is 35.5. The first-order chi connectivity index (χ1) is 12.1. The molecular formula is C16H28BN3O5. The van der Waals surface area contributed by atoms with E-state index in [0.717, 1.165) is 18.5 Å². The van der Waals surface area contributed by atoms with Crippen LogP contribution >= 0.6 is 0 Å². The Morgan fingerprint density at radius 3 is 2.84 bits per heavy atom. The Morgan fingerprint density at radius 2 is 2.08 bits per heavy atom. The molecule has 0 bridgehead atoms. The second kappa shape index (κ2) is 8.59. The lowest BCUT2D eigenvalue weighted by Gasteiger charge is -2.17. The maximum absolute atomic E-state index is 5.99. The summed E-state index contributed by atoms with van der Waals surface area (Å²) in [5.74, 6) is 0. The number of hydrogen-bond donors (Lipinski definition) is 0. The van der Waals surface area contributed by atoms with E-state index in [4.69, 9.17) is 23.7 Å². The van der Waals surface area contributed by atoms with E-state index in [9.17, 15) is 0 Å². The third-order valence-corrected chi connectivity index (χ3v) is 4.80. The lowest BCUT2D eigenvalue weighted by molar-refractivity contribution is -0.0582. The summed E-state index contributed by atoms with van der Waals surface area (Å²) in [5.41, 5.74) is 0.802. The van der Waals surface area contributed by atoms with Gasteiger partial charge in [0.15, 0.2) is 0 Å². The van der Waals surface area contributed by atoms with Gasteiger partial charge < -0.3 is 23.7 Å². The van der Waals surface area contributed by atoms with Gasteiger partial charge in [-0.3, -0.25) is 0 Å². The Balaban J connectivity index is 1.50. The van der Waals surface area contributed by atoms with Crippen LogP contribution in [0.4, 0.5) is 0 Å². The predicted octanol–water partition coefficient (Wildman–Crippen LogP) is -0.250. The molecule has 0 aliphatic carbocycles. The number of aromatic nitrogens is 3. The molecule has 0 N–H and O–H groups in total. The molecule has 2 aliphatic rings. The second-order valence-corrected chi connectivity index (χ2v) is 6.95. The highest BCUT2D eigenvalue weighted by Gasteiger charge is 2.34. The molecule has 2 fully saturated rings. The molecule has 1 aromatic rings. The predicted molar refractivity (Wildman–Crippen MR) is 92.0 cm³/mol. The zero-order valence-corrected chi connectivity index (χ0v) is 15.5. The number of ether oxygens (including phenoxy) is 5. The molecule has 2 aliphatic heterocycles. The van der Waals surface area contributed by atoms with E-state index in [1.165, 1.54) is 0 Å². The SMILES string of the molecule is B[C@H]1CC(OC)[C@@H](Cn2cc(COC3C[C@H](C)O[C@@H]3COC)nn2)O1. The first-order valence-electron chi connectivity index (χ1n) is 8.92. The van der Waals surface area contributed by atoms with E-state index < -0.39 is 0 Å². The lowest BCUT2D eigenvalue weighted by atomic mass is 9.96. The molecule has 3 rings (SSSR count). The van der Waals surface area contributed by atoms with E-state index in [2.05, 4.69) is 25.1 Å². The Kier molecular flexibility index (Phi) is 6.46. The Hall–Kier alpha value is -0.995. The van der Waals surface area contributed by atoms with E-state index in [0.29, 0.717) is 19.8 Å². The molecular weight excluding hydrogens is 325 g/mol. The van der Waals surface area contributed by atoms with Crippen molar-refractivity contribution in [1.82, 2.24) is 15.0 Å². The Morgan fingerprint density at radius 1 is 1.24 bits per heavy atom. The van der Waals surface area contributed by atoms with Crippen LogP contribution in [0.3, 0.4) is 0 Å². The number of methoxy groups -OCH3 is 2. The number of rotatable bonds is 8. The molecule has 3 heterocycles. The summed E-state index contributed by atoms with van der Waals surface area (Å²) in [6.07, 6.45) is 3.98. The topological polar surface area (TPSA) is 76.9 Å².